The molecule has 0 radical (unpaired) electrons. The predicted octanol–water partition coefficient (Wildman–Crippen LogP) is 3.00. The molecule has 0 aliphatic carbocycles. The number of amides is 2. The number of nitrogens with zero attached hydrogens (tertiary/aromatic N) is 2. The number of rotatable bonds is 8. The van der Waals surface area contributed by atoms with E-state index in [2.05, 4.69) is 14.9 Å². The number of anilines is 1. The highest BCUT2D eigenvalue weighted by molar-refractivity contribution is 7.92. The normalized spacial score (nSPS) is 23.4. The molecule has 2 N–H and O–H groups in total. The van der Waals surface area contributed by atoms with Gasteiger partial charge in [-0.25, -0.2) is 12.8 Å². The molecule has 3 heterocycles. The lowest BCUT2D eigenvalue weighted by atomic mass is 9.94. The van der Waals surface area contributed by atoms with E-state index in [0.717, 1.165) is 31.8 Å². The van der Waals surface area contributed by atoms with Crippen molar-refractivity contribution in [2.45, 2.75) is 61.7 Å². The highest BCUT2D eigenvalue weighted by Crippen LogP contribution is 2.33. The Hall–Kier alpha value is -3.22. The topological polar surface area (TPSA) is 117 Å². The SMILES string of the molecule is CN1C(=O)c2cc(NS(=O)(=O)c3cccc(F)c3)ccc2OC[C@@H]2O[C@@H](CC(=O)NCCN3CCCCC3)CC[C@@H]21. The molecule has 0 unspecified atom stereocenters. The molecule has 10 nitrogen and oxygen atoms in total. The number of ether oxygens (including phenoxy) is 2. The van der Waals surface area contributed by atoms with Gasteiger partial charge in [0.15, 0.2) is 0 Å². The van der Waals surface area contributed by atoms with Crippen LogP contribution < -0.4 is 14.8 Å². The van der Waals surface area contributed by atoms with Gasteiger partial charge in [0.1, 0.15) is 24.3 Å². The number of likely N-dealkylation sites (N-methyl/N-ethyl adjacent to an activating group) is 1. The van der Waals surface area contributed by atoms with E-state index in [1.807, 2.05) is 0 Å². The lowest BCUT2D eigenvalue weighted by molar-refractivity contribution is -0.134. The fourth-order valence-corrected chi connectivity index (χ4v) is 6.84. The summed E-state index contributed by atoms with van der Waals surface area (Å²) in [6.45, 7) is 3.83. The van der Waals surface area contributed by atoms with E-state index < -0.39 is 21.9 Å². The zero-order chi connectivity index (χ0) is 29.0. The largest absolute Gasteiger partial charge is 0.490 e. The molecule has 3 aliphatic rings. The summed E-state index contributed by atoms with van der Waals surface area (Å²) >= 11 is 0. The van der Waals surface area contributed by atoms with Crippen molar-refractivity contribution < 1.29 is 31.9 Å². The highest BCUT2D eigenvalue weighted by atomic mass is 32.2. The molecule has 2 saturated heterocycles. The fraction of sp³-hybridized carbons (Fsp3) is 0.517. The van der Waals surface area contributed by atoms with Crippen LogP contribution in [-0.2, 0) is 19.6 Å². The second-order valence-electron chi connectivity index (χ2n) is 10.9. The number of hydrogen-bond donors (Lipinski definition) is 2. The number of piperidine rings is 1. The van der Waals surface area contributed by atoms with E-state index in [1.54, 1.807) is 11.9 Å². The molecule has 0 spiro atoms. The number of benzene rings is 2. The van der Waals surface area contributed by atoms with E-state index in [-0.39, 0.29) is 53.1 Å². The second-order valence-corrected chi connectivity index (χ2v) is 12.6. The Kier molecular flexibility index (Phi) is 9.10. The van der Waals surface area contributed by atoms with Gasteiger partial charge < -0.3 is 24.6 Å². The van der Waals surface area contributed by atoms with Crippen LogP contribution in [0.4, 0.5) is 10.1 Å². The van der Waals surface area contributed by atoms with Gasteiger partial charge in [0.25, 0.3) is 15.9 Å². The van der Waals surface area contributed by atoms with Crippen molar-refractivity contribution >= 4 is 27.5 Å². The molecule has 0 bridgehead atoms. The van der Waals surface area contributed by atoms with Crippen LogP contribution >= 0.6 is 0 Å². The molecular formula is C29H37FN4O6S. The minimum atomic E-state index is -4.07. The number of halogens is 1. The molecular weight excluding hydrogens is 551 g/mol. The van der Waals surface area contributed by atoms with Gasteiger partial charge >= 0.3 is 0 Å². The minimum Gasteiger partial charge on any atom is -0.490 e. The number of carbonyl (C=O) groups is 2. The van der Waals surface area contributed by atoms with Gasteiger partial charge in [-0.1, -0.05) is 12.5 Å². The summed E-state index contributed by atoms with van der Waals surface area (Å²) in [6.07, 6.45) is 4.55. The molecule has 222 valence electrons. The second kappa shape index (κ2) is 12.7. The van der Waals surface area contributed by atoms with Gasteiger partial charge in [-0.3, -0.25) is 14.3 Å². The van der Waals surface area contributed by atoms with Gasteiger partial charge in [0.05, 0.1) is 29.0 Å². The predicted molar refractivity (Wildman–Crippen MR) is 151 cm³/mol. The molecule has 3 atom stereocenters. The van der Waals surface area contributed by atoms with Crippen LogP contribution in [0.2, 0.25) is 0 Å². The van der Waals surface area contributed by atoms with Crippen molar-refractivity contribution in [1.82, 2.24) is 15.1 Å². The van der Waals surface area contributed by atoms with Crippen molar-refractivity contribution in [2.24, 2.45) is 0 Å². The van der Waals surface area contributed by atoms with Crippen LogP contribution in [0.3, 0.4) is 0 Å². The van der Waals surface area contributed by atoms with Crippen LogP contribution in [-0.4, -0.2) is 88.1 Å². The van der Waals surface area contributed by atoms with Gasteiger partial charge in [-0.05, 0) is 75.2 Å². The van der Waals surface area contributed by atoms with Crippen LogP contribution in [0.1, 0.15) is 48.9 Å². The Morgan fingerprint density at radius 3 is 2.68 bits per heavy atom. The molecule has 12 heteroatoms. The summed E-state index contributed by atoms with van der Waals surface area (Å²) in [4.78, 5) is 29.8. The first-order valence-electron chi connectivity index (χ1n) is 14.2. The maximum atomic E-state index is 13.6. The standard InChI is InChI=1S/C29H37FN4O6S/c1-33-25-10-9-22(18-28(35)31-12-15-34-13-3-2-4-14-34)40-27(25)19-39-26-11-8-21(17-24(26)29(33)36)32-41(37,38)23-7-5-6-20(30)16-23/h5-8,11,16-17,22,25,27,32H,2-4,9-10,12-15,18-19H2,1H3,(H,31,35)/t22-,25+,27+/m1/s1. The number of nitrogens with one attached hydrogen (secondary N) is 2. The molecule has 2 aromatic carbocycles. The summed E-state index contributed by atoms with van der Waals surface area (Å²) in [7, 11) is -2.38. The van der Waals surface area contributed by atoms with E-state index >= 15 is 0 Å². The molecule has 3 aliphatic heterocycles. The van der Waals surface area contributed by atoms with Crippen molar-refractivity contribution in [2.75, 3.05) is 44.6 Å². The third-order valence-electron chi connectivity index (χ3n) is 7.98. The van der Waals surface area contributed by atoms with Crippen LogP contribution in [0.15, 0.2) is 47.4 Å². The first-order valence-corrected chi connectivity index (χ1v) is 15.6. The van der Waals surface area contributed by atoms with Crippen molar-refractivity contribution in [3.63, 3.8) is 0 Å². The Bertz CT molecular complexity index is 1370. The van der Waals surface area contributed by atoms with Gasteiger partial charge in [0, 0.05) is 25.8 Å². The average Bonchev–Trinajstić information content (AvgIpc) is 2.95. The van der Waals surface area contributed by atoms with Gasteiger partial charge in [-0.15, -0.1) is 0 Å². The Morgan fingerprint density at radius 2 is 1.90 bits per heavy atom. The summed E-state index contributed by atoms with van der Waals surface area (Å²) < 4.78 is 53.8. The number of carbonyl (C=O) groups excluding carboxylic acids is 2. The van der Waals surface area contributed by atoms with E-state index in [4.69, 9.17) is 9.47 Å². The zero-order valence-electron chi connectivity index (χ0n) is 23.2. The number of fused-ring (bicyclic) bond motifs is 2. The van der Waals surface area contributed by atoms with Crippen molar-refractivity contribution in [3.05, 3.63) is 53.8 Å². The van der Waals surface area contributed by atoms with E-state index in [1.165, 1.54) is 49.6 Å². The zero-order valence-corrected chi connectivity index (χ0v) is 24.0. The molecule has 2 fully saturated rings. The van der Waals surface area contributed by atoms with Crippen molar-refractivity contribution in [3.8, 4) is 5.75 Å². The third kappa shape index (κ3) is 7.17. The monoisotopic (exact) mass is 588 g/mol. The Labute approximate surface area is 240 Å². The third-order valence-corrected chi connectivity index (χ3v) is 9.36. The fourth-order valence-electron chi connectivity index (χ4n) is 5.75. The maximum Gasteiger partial charge on any atom is 0.261 e. The van der Waals surface area contributed by atoms with E-state index in [9.17, 15) is 22.4 Å². The highest BCUT2D eigenvalue weighted by Gasteiger charge is 2.39. The summed E-state index contributed by atoms with van der Waals surface area (Å²) in [5.74, 6) is -0.745. The molecule has 0 saturated carbocycles. The first kappa shape index (κ1) is 29.3. The lowest BCUT2D eigenvalue weighted by Gasteiger charge is -2.42. The molecule has 41 heavy (non-hydrogen) atoms. The summed E-state index contributed by atoms with van der Waals surface area (Å²) in [6, 6.07) is 8.86. The first-order chi connectivity index (χ1) is 19.7. The van der Waals surface area contributed by atoms with Crippen LogP contribution in [0.25, 0.3) is 0 Å². The Balaban J connectivity index is 1.20. The Morgan fingerprint density at radius 1 is 1.10 bits per heavy atom. The molecule has 5 rings (SSSR count). The van der Waals surface area contributed by atoms with E-state index in [0.29, 0.717) is 25.1 Å². The quantitative estimate of drug-likeness (QED) is 0.487. The van der Waals surface area contributed by atoms with Gasteiger partial charge in [0.2, 0.25) is 5.91 Å². The molecule has 0 aromatic heterocycles. The maximum absolute atomic E-state index is 13.6. The lowest BCUT2D eigenvalue weighted by Crippen LogP contribution is -2.54. The number of sulfonamides is 1. The summed E-state index contributed by atoms with van der Waals surface area (Å²) in [5.41, 5.74) is 0.363. The number of likely N-dealkylation sites (tertiary alicyclic amines) is 1. The van der Waals surface area contributed by atoms with Gasteiger partial charge in [-0.2, -0.15) is 0 Å². The number of hydrogen-bond acceptors (Lipinski definition) is 7. The minimum absolute atomic E-state index is 0.0415. The average molecular weight is 589 g/mol. The molecule has 2 aromatic rings. The summed E-state index contributed by atoms with van der Waals surface area (Å²) in [5, 5.41) is 3.01. The smallest absolute Gasteiger partial charge is 0.261 e. The van der Waals surface area contributed by atoms with Crippen molar-refractivity contribution in [1.29, 1.82) is 0 Å². The molecule has 2 amide bonds. The van der Waals surface area contributed by atoms with Crippen LogP contribution in [0.5, 0.6) is 5.75 Å². The van der Waals surface area contributed by atoms with Crippen LogP contribution in [0, 0.1) is 5.82 Å².